The number of nitrogens with one attached hydrogen (secondary N) is 1. The highest BCUT2D eigenvalue weighted by atomic mass is 19.1. The number of hydrogen-bond donors (Lipinski definition) is 1. The van der Waals surface area contributed by atoms with Gasteiger partial charge >= 0.3 is 0 Å². The van der Waals surface area contributed by atoms with Crippen LogP contribution in [-0.4, -0.2) is 6.54 Å². The van der Waals surface area contributed by atoms with E-state index < -0.39 is 0 Å². The quantitative estimate of drug-likeness (QED) is 0.835. The van der Waals surface area contributed by atoms with Gasteiger partial charge in [-0.05, 0) is 19.5 Å². The summed E-state index contributed by atoms with van der Waals surface area (Å²) in [6, 6.07) is 5.71. The van der Waals surface area contributed by atoms with Crippen LogP contribution in [-0.2, 0) is 0 Å². The fourth-order valence-electron chi connectivity index (χ4n) is 1.81. The lowest BCUT2D eigenvalue weighted by Gasteiger charge is -2.12. The molecule has 15 heavy (non-hydrogen) atoms. The molecule has 0 saturated carbocycles. The lowest BCUT2D eigenvalue weighted by atomic mass is 10.1. The van der Waals surface area contributed by atoms with Gasteiger partial charge in [0.1, 0.15) is 11.8 Å². The first-order chi connectivity index (χ1) is 7.24. The molecule has 0 spiro atoms. The Morgan fingerprint density at radius 3 is 3.00 bits per heavy atom. The van der Waals surface area contributed by atoms with Crippen LogP contribution < -0.4 is 5.32 Å². The maximum Gasteiger partial charge on any atom is 0.169 e. The Labute approximate surface area is 88.1 Å². The summed E-state index contributed by atoms with van der Waals surface area (Å²) in [7, 11) is 0. The average molecular weight is 207 g/mol. The van der Waals surface area contributed by atoms with E-state index in [2.05, 4.69) is 5.32 Å². The van der Waals surface area contributed by atoms with Crippen molar-refractivity contribution < 1.29 is 8.81 Å². The van der Waals surface area contributed by atoms with E-state index >= 15 is 0 Å². The lowest BCUT2D eigenvalue weighted by molar-refractivity contribution is 0.545. The number of rotatable bonds is 3. The molecule has 0 fully saturated rings. The maximum atomic E-state index is 13.3. The van der Waals surface area contributed by atoms with E-state index in [1.54, 1.807) is 6.07 Å². The highest BCUT2D eigenvalue weighted by Gasteiger charge is 2.13. The highest BCUT2D eigenvalue weighted by Crippen LogP contribution is 2.27. The summed E-state index contributed by atoms with van der Waals surface area (Å²) in [6.07, 6.45) is 1.16. The second-order valence-corrected chi connectivity index (χ2v) is 3.59. The minimum atomic E-state index is -0.296. The van der Waals surface area contributed by atoms with E-state index in [9.17, 15) is 4.39 Å². The van der Waals surface area contributed by atoms with Crippen LogP contribution in [0.15, 0.2) is 28.9 Å². The third-order valence-electron chi connectivity index (χ3n) is 2.56. The average Bonchev–Trinajstić information content (AvgIpc) is 2.61. The van der Waals surface area contributed by atoms with Gasteiger partial charge in [0, 0.05) is 11.6 Å². The molecule has 0 radical (unpaired) electrons. The van der Waals surface area contributed by atoms with Crippen LogP contribution in [0.2, 0.25) is 0 Å². The number of para-hydroxylation sites is 1. The van der Waals surface area contributed by atoms with Crippen LogP contribution in [0.1, 0.15) is 25.5 Å². The number of furan rings is 1. The first-order valence-electron chi connectivity index (χ1n) is 5.13. The van der Waals surface area contributed by atoms with Crippen LogP contribution in [0.3, 0.4) is 0 Å². The van der Waals surface area contributed by atoms with Crippen LogP contribution in [0.5, 0.6) is 0 Å². The molecule has 2 nitrogen and oxygen atoms in total. The van der Waals surface area contributed by atoms with E-state index in [0.717, 1.165) is 18.4 Å². The van der Waals surface area contributed by atoms with Gasteiger partial charge in [0.25, 0.3) is 0 Å². The molecule has 0 amide bonds. The van der Waals surface area contributed by atoms with Gasteiger partial charge in [-0.15, -0.1) is 0 Å². The van der Waals surface area contributed by atoms with Crippen LogP contribution in [0.4, 0.5) is 4.39 Å². The molecular formula is C12H14FNO. The van der Waals surface area contributed by atoms with Crippen molar-refractivity contribution >= 4 is 11.0 Å². The van der Waals surface area contributed by atoms with Gasteiger partial charge in [0.15, 0.2) is 5.82 Å². The minimum absolute atomic E-state index is 0.171. The van der Waals surface area contributed by atoms with Gasteiger partial charge in [-0.1, -0.05) is 19.1 Å². The maximum absolute atomic E-state index is 13.3. The molecule has 3 heteroatoms. The summed E-state index contributed by atoms with van der Waals surface area (Å²) in [5, 5.41) is 3.83. The molecule has 1 aromatic heterocycles. The standard InChI is InChI=1S/C12H14FNO/c1-3-14-8(2)9-5-4-6-10-11(13)7-15-12(9)10/h4-8,14H,3H2,1-2H3/t8-/m1/s1. The van der Waals surface area contributed by atoms with Crippen molar-refractivity contribution in [2.24, 2.45) is 0 Å². The molecular weight excluding hydrogens is 193 g/mol. The Morgan fingerprint density at radius 2 is 2.27 bits per heavy atom. The molecule has 2 aromatic rings. The smallest absolute Gasteiger partial charge is 0.169 e. The molecule has 0 bridgehead atoms. The molecule has 80 valence electrons. The van der Waals surface area contributed by atoms with E-state index in [4.69, 9.17) is 4.42 Å². The van der Waals surface area contributed by atoms with Crippen LogP contribution in [0.25, 0.3) is 11.0 Å². The molecule has 1 heterocycles. The van der Waals surface area contributed by atoms with Gasteiger partial charge < -0.3 is 9.73 Å². The van der Waals surface area contributed by atoms with Gasteiger partial charge in [0.05, 0.1) is 5.39 Å². The first kappa shape index (κ1) is 10.2. The number of halogens is 1. The Kier molecular flexibility index (Phi) is 2.73. The molecule has 0 aliphatic carbocycles. The minimum Gasteiger partial charge on any atom is -0.461 e. The number of hydrogen-bond acceptors (Lipinski definition) is 2. The van der Waals surface area contributed by atoms with Crippen molar-refractivity contribution in [2.45, 2.75) is 19.9 Å². The van der Waals surface area contributed by atoms with E-state index in [0.29, 0.717) is 11.0 Å². The van der Waals surface area contributed by atoms with Gasteiger partial charge in [-0.25, -0.2) is 4.39 Å². The summed E-state index contributed by atoms with van der Waals surface area (Å²) in [5.74, 6) is -0.296. The van der Waals surface area contributed by atoms with Crippen molar-refractivity contribution in [3.05, 3.63) is 35.8 Å². The predicted molar refractivity (Wildman–Crippen MR) is 58.3 cm³/mol. The Morgan fingerprint density at radius 1 is 1.47 bits per heavy atom. The largest absolute Gasteiger partial charge is 0.461 e. The van der Waals surface area contributed by atoms with Gasteiger partial charge in [-0.2, -0.15) is 0 Å². The molecule has 2 rings (SSSR count). The van der Waals surface area contributed by atoms with Crippen LogP contribution >= 0.6 is 0 Å². The molecule has 1 N–H and O–H groups in total. The summed E-state index contributed by atoms with van der Waals surface area (Å²) in [4.78, 5) is 0. The van der Waals surface area contributed by atoms with Crippen molar-refractivity contribution in [1.82, 2.24) is 5.32 Å². The highest BCUT2D eigenvalue weighted by molar-refractivity contribution is 5.81. The topological polar surface area (TPSA) is 25.2 Å². The monoisotopic (exact) mass is 207 g/mol. The molecule has 1 atom stereocenters. The Bertz CT molecular complexity index is 464. The van der Waals surface area contributed by atoms with E-state index in [1.165, 1.54) is 0 Å². The number of benzene rings is 1. The van der Waals surface area contributed by atoms with Crippen molar-refractivity contribution in [1.29, 1.82) is 0 Å². The normalized spacial score (nSPS) is 13.3. The van der Waals surface area contributed by atoms with E-state index in [1.807, 2.05) is 26.0 Å². The van der Waals surface area contributed by atoms with Crippen molar-refractivity contribution in [3.63, 3.8) is 0 Å². The molecule has 0 aliphatic heterocycles. The van der Waals surface area contributed by atoms with Crippen molar-refractivity contribution in [3.8, 4) is 0 Å². The third kappa shape index (κ3) is 1.75. The molecule has 1 aromatic carbocycles. The zero-order valence-electron chi connectivity index (χ0n) is 8.88. The second kappa shape index (κ2) is 4.03. The zero-order chi connectivity index (χ0) is 10.8. The lowest BCUT2D eigenvalue weighted by Crippen LogP contribution is -2.17. The summed E-state index contributed by atoms with van der Waals surface area (Å²) in [5.41, 5.74) is 1.64. The Hall–Kier alpha value is -1.35. The fourth-order valence-corrected chi connectivity index (χ4v) is 1.81. The third-order valence-corrected chi connectivity index (χ3v) is 2.56. The number of fused-ring (bicyclic) bond motifs is 1. The summed E-state index contributed by atoms with van der Waals surface area (Å²) in [6.45, 7) is 4.96. The van der Waals surface area contributed by atoms with Crippen LogP contribution in [0, 0.1) is 5.82 Å². The first-order valence-corrected chi connectivity index (χ1v) is 5.13. The van der Waals surface area contributed by atoms with Crippen molar-refractivity contribution in [2.75, 3.05) is 6.54 Å². The second-order valence-electron chi connectivity index (χ2n) is 3.59. The van der Waals surface area contributed by atoms with E-state index in [-0.39, 0.29) is 11.9 Å². The molecule has 0 aliphatic rings. The summed E-state index contributed by atoms with van der Waals surface area (Å²) < 4.78 is 18.5. The molecule has 0 unspecified atom stereocenters. The van der Waals surface area contributed by atoms with Gasteiger partial charge in [0.2, 0.25) is 0 Å². The molecule has 0 saturated heterocycles. The van der Waals surface area contributed by atoms with Gasteiger partial charge in [-0.3, -0.25) is 0 Å². The Balaban J connectivity index is 2.51. The zero-order valence-corrected chi connectivity index (χ0v) is 8.88. The SMILES string of the molecule is CCN[C@H](C)c1cccc2c(F)coc12. The fraction of sp³-hybridized carbons (Fsp3) is 0.333. The summed E-state index contributed by atoms with van der Waals surface area (Å²) >= 11 is 0. The predicted octanol–water partition coefficient (Wildman–Crippen LogP) is 3.24.